The third kappa shape index (κ3) is 10.4. The quantitative estimate of drug-likeness (QED) is 0.278. The average Bonchev–Trinajstić information content (AvgIpc) is 2.99. The van der Waals surface area contributed by atoms with Crippen molar-refractivity contribution in [2.45, 2.75) is 115 Å². The molecule has 0 spiro atoms. The van der Waals surface area contributed by atoms with Crippen LogP contribution < -0.4 is 0 Å². The molecule has 1 saturated heterocycles. The van der Waals surface area contributed by atoms with Crippen LogP contribution in [0.15, 0.2) is 0 Å². The van der Waals surface area contributed by atoms with Gasteiger partial charge in [-0.05, 0) is 6.42 Å². The minimum Gasteiger partial charge on any atom is -0.457 e. The Labute approximate surface area is 164 Å². The van der Waals surface area contributed by atoms with Gasteiger partial charge in [-0.25, -0.2) is 0 Å². The van der Waals surface area contributed by atoms with Crippen LogP contribution in [0.1, 0.15) is 90.4 Å². The number of hydrogen-bond acceptors (Lipinski definition) is 6. The second kappa shape index (κ2) is 15.3. The van der Waals surface area contributed by atoms with Crippen molar-refractivity contribution < 1.29 is 29.6 Å². The summed E-state index contributed by atoms with van der Waals surface area (Å²) < 4.78 is 10.4. The lowest BCUT2D eigenvalue weighted by atomic mass is 10.0. The second-order valence-corrected chi connectivity index (χ2v) is 7.71. The summed E-state index contributed by atoms with van der Waals surface area (Å²) in [7, 11) is 0. The van der Waals surface area contributed by atoms with Gasteiger partial charge in [0.1, 0.15) is 18.3 Å². The zero-order valence-electron chi connectivity index (χ0n) is 17.0. The lowest BCUT2D eigenvalue weighted by Crippen LogP contribution is -2.43. The van der Waals surface area contributed by atoms with E-state index in [2.05, 4.69) is 6.92 Å². The number of hydrogen-bond donors (Lipinski definition) is 3. The fourth-order valence-corrected chi connectivity index (χ4v) is 3.50. The molecule has 0 aromatic carbocycles. The number of rotatable bonds is 16. The molecule has 3 N–H and O–H groups in total. The molecular weight excluding hydrogens is 348 g/mol. The van der Waals surface area contributed by atoms with E-state index in [-0.39, 0.29) is 6.61 Å². The Morgan fingerprint density at radius 2 is 1.48 bits per heavy atom. The standard InChI is InChI=1S/C21H40O6/c1-2-3-4-5-6-7-8-9-10-11-12-13-14-19(24)27-18(15-22)21-20(25)17(23)16-26-21/h17-18,20-23,25H,2-16H2,1H3/t17-,18+,20+,21+/m0/s1. The van der Waals surface area contributed by atoms with Gasteiger partial charge in [0.2, 0.25) is 0 Å². The number of esters is 1. The van der Waals surface area contributed by atoms with Crippen molar-refractivity contribution in [1.82, 2.24) is 0 Å². The minimum atomic E-state index is -1.14. The molecule has 6 heteroatoms. The van der Waals surface area contributed by atoms with Crippen LogP contribution in [0.4, 0.5) is 0 Å². The molecule has 0 bridgehead atoms. The Morgan fingerprint density at radius 1 is 0.963 bits per heavy atom. The van der Waals surface area contributed by atoms with Gasteiger partial charge in [-0.1, -0.05) is 77.6 Å². The highest BCUT2D eigenvalue weighted by Crippen LogP contribution is 2.20. The Hall–Kier alpha value is -0.690. The number of carbonyl (C=O) groups excluding carboxylic acids is 1. The van der Waals surface area contributed by atoms with Gasteiger partial charge < -0.3 is 24.8 Å². The Kier molecular flexibility index (Phi) is 13.8. The van der Waals surface area contributed by atoms with E-state index in [9.17, 15) is 20.1 Å². The highest BCUT2D eigenvalue weighted by Gasteiger charge is 2.41. The first kappa shape index (κ1) is 24.3. The van der Waals surface area contributed by atoms with E-state index in [0.29, 0.717) is 6.42 Å². The van der Waals surface area contributed by atoms with Crippen LogP contribution in [0.2, 0.25) is 0 Å². The number of carbonyl (C=O) groups is 1. The molecule has 4 atom stereocenters. The molecule has 6 nitrogen and oxygen atoms in total. The Balaban J connectivity index is 1.97. The highest BCUT2D eigenvalue weighted by molar-refractivity contribution is 5.69. The fourth-order valence-electron chi connectivity index (χ4n) is 3.50. The molecule has 0 saturated carbocycles. The molecule has 0 radical (unpaired) electrons. The number of ether oxygens (including phenoxy) is 2. The summed E-state index contributed by atoms with van der Waals surface area (Å²) in [5, 5.41) is 28.6. The van der Waals surface area contributed by atoms with E-state index < -0.39 is 37.0 Å². The van der Waals surface area contributed by atoms with Crippen molar-refractivity contribution in [3.63, 3.8) is 0 Å². The van der Waals surface area contributed by atoms with Crippen LogP contribution in [0.3, 0.4) is 0 Å². The van der Waals surface area contributed by atoms with Crippen molar-refractivity contribution in [3.05, 3.63) is 0 Å². The molecule has 1 fully saturated rings. The summed E-state index contributed by atoms with van der Waals surface area (Å²) in [5.41, 5.74) is 0. The summed E-state index contributed by atoms with van der Waals surface area (Å²) in [6.07, 6.45) is 11.1. The lowest BCUT2D eigenvalue weighted by Gasteiger charge is -2.24. The van der Waals surface area contributed by atoms with Crippen LogP contribution >= 0.6 is 0 Å². The van der Waals surface area contributed by atoms with Crippen LogP contribution in [-0.4, -0.2) is 58.9 Å². The molecule has 0 aliphatic carbocycles. The van der Waals surface area contributed by atoms with E-state index in [1.165, 1.54) is 57.8 Å². The summed E-state index contributed by atoms with van der Waals surface area (Å²) in [6.45, 7) is 1.79. The van der Waals surface area contributed by atoms with Crippen LogP contribution in [0.5, 0.6) is 0 Å². The number of unbranched alkanes of at least 4 members (excludes halogenated alkanes) is 11. The zero-order chi connectivity index (χ0) is 19.9. The van der Waals surface area contributed by atoms with Crippen molar-refractivity contribution in [1.29, 1.82) is 0 Å². The SMILES string of the molecule is CCCCCCCCCCCCCCC(=O)O[C@H](CO)[C@H]1OC[C@H](O)[C@H]1O. The van der Waals surface area contributed by atoms with Crippen LogP contribution in [-0.2, 0) is 14.3 Å². The van der Waals surface area contributed by atoms with E-state index in [4.69, 9.17) is 9.47 Å². The van der Waals surface area contributed by atoms with E-state index in [0.717, 1.165) is 19.3 Å². The maximum atomic E-state index is 11.9. The molecule has 160 valence electrons. The molecule has 0 aromatic heterocycles. The first-order valence-electron chi connectivity index (χ1n) is 10.9. The monoisotopic (exact) mass is 388 g/mol. The number of aliphatic hydroxyl groups is 3. The van der Waals surface area contributed by atoms with Gasteiger partial charge in [0.25, 0.3) is 0 Å². The van der Waals surface area contributed by atoms with Crippen LogP contribution in [0, 0.1) is 0 Å². The molecule has 1 aliphatic heterocycles. The van der Waals surface area contributed by atoms with Crippen molar-refractivity contribution in [2.24, 2.45) is 0 Å². The molecule has 1 heterocycles. The van der Waals surface area contributed by atoms with Crippen molar-refractivity contribution >= 4 is 5.97 Å². The van der Waals surface area contributed by atoms with Gasteiger partial charge in [-0.15, -0.1) is 0 Å². The van der Waals surface area contributed by atoms with E-state index in [1.807, 2.05) is 0 Å². The molecular formula is C21H40O6. The maximum Gasteiger partial charge on any atom is 0.306 e. The van der Waals surface area contributed by atoms with Gasteiger partial charge in [0.15, 0.2) is 6.10 Å². The van der Waals surface area contributed by atoms with Crippen LogP contribution in [0.25, 0.3) is 0 Å². The van der Waals surface area contributed by atoms with Gasteiger partial charge in [0.05, 0.1) is 13.2 Å². The number of aliphatic hydroxyl groups excluding tert-OH is 3. The summed E-state index contributed by atoms with van der Waals surface area (Å²) >= 11 is 0. The normalized spacial score (nSPS) is 23.5. The van der Waals surface area contributed by atoms with Gasteiger partial charge in [0, 0.05) is 6.42 Å². The molecule has 0 amide bonds. The Morgan fingerprint density at radius 3 is 1.93 bits per heavy atom. The third-order valence-electron chi connectivity index (χ3n) is 5.25. The predicted molar refractivity (Wildman–Crippen MR) is 104 cm³/mol. The van der Waals surface area contributed by atoms with Crippen molar-refractivity contribution in [3.8, 4) is 0 Å². The van der Waals surface area contributed by atoms with Gasteiger partial charge >= 0.3 is 5.97 Å². The van der Waals surface area contributed by atoms with Crippen molar-refractivity contribution in [2.75, 3.05) is 13.2 Å². The highest BCUT2D eigenvalue weighted by atomic mass is 16.6. The molecule has 0 aromatic rings. The minimum absolute atomic E-state index is 0.0153. The zero-order valence-corrected chi connectivity index (χ0v) is 17.0. The molecule has 1 rings (SSSR count). The fraction of sp³-hybridized carbons (Fsp3) is 0.952. The van der Waals surface area contributed by atoms with Gasteiger partial charge in [-0.2, -0.15) is 0 Å². The first-order chi connectivity index (χ1) is 13.1. The first-order valence-corrected chi connectivity index (χ1v) is 10.9. The third-order valence-corrected chi connectivity index (χ3v) is 5.25. The largest absolute Gasteiger partial charge is 0.457 e. The lowest BCUT2D eigenvalue weighted by molar-refractivity contribution is -0.162. The van der Waals surface area contributed by atoms with E-state index in [1.54, 1.807) is 0 Å². The smallest absolute Gasteiger partial charge is 0.306 e. The summed E-state index contributed by atoms with van der Waals surface area (Å²) in [4.78, 5) is 11.9. The topological polar surface area (TPSA) is 96.2 Å². The maximum absolute atomic E-state index is 11.9. The van der Waals surface area contributed by atoms with E-state index >= 15 is 0 Å². The predicted octanol–water partition coefficient (Wildman–Crippen LogP) is 3.10. The Bertz CT molecular complexity index is 376. The average molecular weight is 389 g/mol. The molecule has 27 heavy (non-hydrogen) atoms. The molecule has 1 aliphatic rings. The summed E-state index contributed by atoms with van der Waals surface area (Å²) in [5.74, 6) is -0.390. The van der Waals surface area contributed by atoms with Gasteiger partial charge in [-0.3, -0.25) is 4.79 Å². The second-order valence-electron chi connectivity index (χ2n) is 7.71. The summed E-state index contributed by atoms with van der Waals surface area (Å²) in [6, 6.07) is 0. The molecule has 0 unspecified atom stereocenters.